The maximum absolute atomic E-state index is 11.8. The molecule has 2 aromatic rings. The standard InChI is InChI=1S/C16H20N2O3/c19-15-13(17-10-12-8-5-9-21-12)14(16(15)20)18-11-6-3-1-2-4-7-11/h5,8-9,11,17-18H,1-4,6-7,10H2. The molecule has 1 aromatic heterocycles. The van der Waals surface area contributed by atoms with Crippen molar-refractivity contribution in [2.75, 3.05) is 10.6 Å². The van der Waals surface area contributed by atoms with Gasteiger partial charge in [-0.05, 0) is 25.0 Å². The lowest BCUT2D eigenvalue weighted by molar-refractivity contribution is 0.518. The van der Waals surface area contributed by atoms with Gasteiger partial charge in [0.2, 0.25) is 0 Å². The first-order chi connectivity index (χ1) is 10.3. The second-order valence-corrected chi connectivity index (χ2v) is 5.67. The lowest BCUT2D eigenvalue weighted by Crippen LogP contribution is -2.39. The molecule has 1 aromatic carbocycles. The summed E-state index contributed by atoms with van der Waals surface area (Å²) in [6.45, 7) is 0.414. The van der Waals surface area contributed by atoms with Gasteiger partial charge in [-0.3, -0.25) is 9.59 Å². The third-order valence-electron chi connectivity index (χ3n) is 4.13. The second-order valence-electron chi connectivity index (χ2n) is 5.67. The first kappa shape index (κ1) is 13.9. The number of rotatable bonds is 5. The van der Waals surface area contributed by atoms with Crippen LogP contribution in [0.25, 0.3) is 0 Å². The molecule has 5 nitrogen and oxygen atoms in total. The minimum atomic E-state index is -0.433. The van der Waals surface area contributed by atoms with E-state index >= 15 is 0 Å². The Balaban J connectivity index is 1.66. The van der Waals surface area contributed by atoms with E-state index in [1.165, 1.54) is 25.7 Å². The molecular weight excluding hydrogens is 268 g/mol. The Morgan fingerprint density at radius 2 is 1.76 bits per heavy atom. The molecule has 5 heteroatoms. The summed E-state index contributed by atoms with van der Waals surface area (Å²) >= 11 is 0. The smallest absolute Gasteiger partial charge is 0.253 e. The molecule has 21 heavy (non-hydrogen) atoms. The van der Waals surface area contributed by atoms with E-state index in [1.807, 2.05) is 6.07 Å². The van der Waals surface area contributed by atoms with Crippen molar-refractivity contribution in [3.8, 4) is 0 Å². The van der Waals surface area contributed by atoms with Crippen molar-refractivity contribution >= 4 is 11.4 Å². The van der Waals surface area contributed by atoms with Crippen molar-refractivity contribution in [1.82, 2.24) is 0 Å². The van der Waals surface area contributed by atoms with Crippen LogP contribution in [0.4, 0.5) is 11.4 Å². The highest BCUT2D eigenvalue weighted by Crippen LogP contribution is 2.23. The van der Waals surface area contributed by atoms with E-state index in [4.69, 9.17) is 4.42 Å². The maximum atomic E-state index is 11.8. The molecule has 0 saturated heterocycles. The Kier molecular flexibility index (Phi) is 4.08. The molecule has 0 aliphatic heterocycles. The highest BCUT2D eigenvalue weighted by Gasteiger charge is 2.23. The fourth-order valence-electron chi connectivity index (χ4n) is 2.91. The van der Waals surface area contributed by atoms with Gasteiger partial charge in [0.1, 0.15) is 17.1 Å². The van der Waals surface area contributed by atoms with Gasteiger partial charge in [0.25, 0.3) is 10.9 Å². The van der Waals surface area contributed by atoms with E-state index in [9.17, 15) is 9.59 Å². The van der Waals surface area contributed by atoms with Gasteiger partial charge in [-0.1, -0.05) is 25.7 Å². The van der Waals surface area contributed by atoms with Crippen LogP contribution in [0.1, 0.15) is 44.3 Å². The molecule has 0 spiro atoms. The molecule has 0 radical (unpaired) electrons. The van der Waals surface area contributed by atoms with Crippen LogP contribution < -0.4 is 21.5 Å². The zero-order valence-corrected chi connectivity index (χ0v) is 12.0. The van der Waals surface area contributed by atoms with E-state index in [-0.39, 0.29) is 0 Å². The summed E-state index contributed by atoms with van der Waals surface area (Å²) in [6, 6.07) is 3.93. The molecule has 1 fully saturated rings. The van der Waals surface area contributed by atoms with E-state index in [0.29, 0.717) is 24.0 Å². The topological polar surface area (TPSA) is 71.3 Å². The minimum Gasteiger partial charge on any atom is -0.467 e. The van der Waals surface area contributed by atoms with Gasteiger partial charge in [0, 0.05) is 6.04 Å². The quantitative estimate of drug-likeness (QED) is 0.653. The van der Waals surface area contributed by atoms with Crippen LogP contribution in [0.5, 0.6) is 0 Å². The van der Waals surface area contributed by atoms with E-state index in [1.54, 1.807) is 12.3 Å². The average Bonchev–Trinajstić information content (AvgIpc) is 2.88. The molecule has 0 bridgehead atoms. The number of hydrogen-bond acceptors (Lipinski definition) is 5. The third-order valence-corrected chi connectivity index (χ3v) is 4.13. The molecule has 0 atom stereocenters. The zero-order valence-electron chi connectivity index (χ0n) is 12.0. The van der Waals surface area contributed by atoms with Crippen LogP contribution >= 0.6 is 0 Å². The summed E-state index contributed by atoms with van der Waals surface area (Å²) < 4.78 is 5.21. The molecule has 1 aliphatic carbocycles. The van der Waals surface area contributed by atoms with Crippen molar-refractivity contribution in [2.45, 2.75) is 51.1 Å². The summed E-state index contributed by atoms with van der Waals surface area (Å²) in [6.07, 6.45) is 8.60. The number of anilines is 2. The molecule has 1 heterocycles. The summed E-state index contributed by atoms with van der Waals surface area (Å²) in [7, 11) is 0. The third kappa shape index (κ3) is 3.01. The predicted molar refractivity (Wildman–Crippen MR) is 82.5 cm³/mol. The Hall–Kier alpha value is -2.04. The van der Waals surface area contributed by atoms with Gasteiger partial charge in [0.05, 0.1) is 12.8 Å². The maximum Gasteiger partial charge on any atom is 0.253 e. The van der Waals surface area contributed by atoms with E-state index in [0.717, 1.165) is 18.6 Å². The number of nitrogens with one attached hydrogen (secondary N) is 2. The molecule has 3 rings (SSSR count). The Bertz CT molecular complexity index is 645. The Labute approximate surface area is 123 Å². The van der Waals surface area contributed by atoms with Gasteiger partial charge >= 0.3 is 0 Å². The lowest BCUT2D eigenvalue weighted by atomic mass is 10.1. The predicted octanol–water partition coefficient (Wildman–Crippen LogP) is 2.62. The minimum absolute atomic E-state index is 0.306. The summed E-state index contributed by atoms with van der Waals surface area (Å²) in [5, 5.41) is 6.28. The van der Waals surface area contributed by atoms with Gasteiger partial charge in [0.15, 0.2) is 0 Å². The molecular formula is C16H20N2O3. The van der Waals surface area contributed by atoms with Crippen LogP contribution in [0.15, 0.2) is 32.4 Å². The average molecular weight is 288 g/mol. The van der Waals surface area contributed by atoms with Crippen molar-refractivity contribution in [2.24, 2.45) is 0 Å². The molecule has 2 N–H and O–H groups in total. The lowest BCUT2D eigenvalue weighted by Gasteiger charge is -2.21. The van der Waals surface area contributed by atoms with Crippen molar-refractivity contribution in [3.05, 3.63) is 44.6 Å². The van der Waals surface area contributed by atoms with Crippen molar-refractivity contribution in [3.63, 3.8) is 0 Å². The molecule has 112 valence electrons. The SMILES string of the molecule is O=c1c(NCc2ccco2)c(NC2CCCCCC2)c1=O. The first-order valence-corrected chi connectivity index (χ1v) is 7.62. The first-order valence-electron chi connectivity index (χ1n) is 7.62. The highest BCUT2D eigenvalue weighted by molar-refractivity contribution is 5.74. The summed E-state index contributed by atoms with van der Waals surface area (Å²) in [4.78, 5) is 23.5. The van der Waals surface area contributed by atoms with Crippen molar-refractivity contribution < 1.29 is 4.42 Å². The van der Waals surface area contributed by atoms with Crippen LogP contribution in [-0.2, 0) is 6.54 Å². The van der Waals surface area contributed by atoms with Crippen LogP contribution in [0.2, 0.25) is 0 Å². The highest BCUT2D eigenvalue weighted by atomic mass is 16.3. The molecule has 0 amide bonds. The van der Waals surface area contributed by atoms with E-state index in [2.05, 4.69) is 10.6 Å². The molecule has 1 saturated carbocycles. The summed E-state index contributed by atoms with van der Waals surface area (Å²) in [5.74, 6) is 0.739. The Morgan fingerprint density at radius 3 is 2.43 bits per heavy atom. The van der Waals surface area contributed by atoms with Gasteiger partial charge < -0.3 is 15.1 Å². The fraction of sp³-hybridized carbons (Fsp3) is 0.500. The number of hydrogen-bond donors (Lipinski definition) is 2. The fourth-order valence-corrected chi connectivity index (χ4v) is 2.91. The normalized spacial score (nSPS) is 16.8. The number of furan rings is 1. The Morgan fingerprint density at radius 1 is 1.05 bits per heavy atom. The van der Waals surface area contributed by atoms with Crippen molar-refractivity contribution in [1.29, 1.82) is 0 Å². The molecule has 1 aliphatic rings. The molecule has 0 unspecified atom stereocenters. The van der Waals surface area contributed by atoms with Gasteiger partial charge in [-0.15, -0.1) is 0 Å². The van der Waals surface area contributed by atoms with Gasteiger partial charge in [-0.2, -0.15) is 0 Å². The van der Waals surface area contributed by atoms with Crippen LogP contribution in [-0.4, -0.2) is 6.04 Å². The van der Waals surface area contributed by atoms with Gasteiger partial charge in [-0.25, -0.2) is 0 Å². The van der Waals surface area contributed by atoms with Crippen LogP contribution in [0.3, 0.4) is 0 Å². The largest absolute Gasteiger partial charge is 0.467 e. The monoisotopic (exact) mass is 288 g/mol. The van der Waals surface area contributed by atoms with Crippen LogP contribution in [0, 0.1) is 0 Å². The second kappa shape index (κ2) is 6.16. The zero-order chi connectivity index (χ0) is 14.7. The van der Waals surface area contributed by atoms with E-state index < -0.39 is 10.9 Å². The summed E-state index contributed by atoms with van der Waals surface area (Å²) in [5.41, 5.74) is 0.0259.